The highest BCUT2D eigenvalue weighted by atomic mass is 16.2. The van der Waals surface area contributed by atoms with Crippen molar-refractivity contribution in [2.24, 2.45) is 0 Å². The molecular weight excluding hydrogens is 300 g/mol. The molecule has 1 aliphatic rings. The van der Waals surface area contributed by atoms with Crippen LogP contribution in [-0.4, -0.2) is 17.9 Å². The van der Waals surface area contributed by atoms with Crippen molar-refractivity contribution in [3.8, 4) is 0 Å². The van der Waals surface area contributed by atoms with Gasteiger partial charge < -0.3 is 5.32 Å². The Bertz CT molecular complexity index is 826. The Hall–Kier alpha value is -2.62. The first-order valence-electron chi connectivity index (χ1n) is 8.14. The Morgan fingerprint density at radius 1 is 0.917 bits per heavy atom. The van der Waals surface area contributed by atoms with Gasteiger partial charge in [-0.25, -0.2) is 4.90 Å². The third-order valence-electron chi connectivity index (χ3n) is 4.46. The van der Waals surface area contributed by atoms with Crippen LogP contribution >= 0.6 is 0 Å². The second-order valence-corrected chi connectivity index (χ2v) is 6.58. The van der Waals surface area contributed by atoms with Crippen molar-refractivity contribution in [3.63, 3.8) is 0 Å². The lowest BCUT2D eigenvalue weighted by atomic mass is 10.1. The highest BCUT2D eigenvalue weighted by Crippen LogP contribution is 2.29. The van der Waals surface area contributed by atoms with Gasteiger partial charge in [-0.15, -0.1) is 0 Å². The third-order valence-corrected chi connectivity index (χ3v) is 4.46. The Kier molecular flexibility index (Phi) is 4.14. The van der Waals surface area contributed by atoms with Gasteiger partial charge in [0, 0.05) is 5.69 Å². The number of hydrogen-bond acceptors (Lipinski definition) is 3. The molecule has 0 aliphatic carbocycles. The van der Waals surface area contributed by atoms with Crippen LogP contribution in [0, 0.1) is 27.7 Å². The van der Waals surface area contributed by atoms with Crippen LogP contribution in [-0.2, 0) is 9.59 Å². The van der Waals surface area contributed by atoms with Crippen LogP contribution in [0.3, 0.4) is 0 Å². The van der Waals surface area contributed by atoms with Crippen molar-refractivity contribution in [1.82, 2.24) is 0 Å². The van der Waals surface area contributed by atoms with Gasteiger partial charge in [0.1, 0.15) is 6.04 Å². The molecule has 1 unspecified atom stereocenters. The third kappa shape index (κ3) is 2.92. The van der Waals surface area contributed by atoms with Crippen LogP contribution in [0.4, 0.5) is 11.4 Å². The van der Waals surface area contributed by atoms with E-state index >= 15 is 0 Å². The number of hydrogen-bond donors (Lipinski definition) is 1. The number of nitrogens with zero attached hydrogens (tertiary/aromatic N) is 1. The van der Waals surface area contributed by atoms with Crippen molar-refractivity contribution in [2.75, 3.05) is 10.2 Å². The maximum atomic E-state index is 12.8. The van der Waals surface area contributed by atoms with E-state index in [2.05, 4.69) is 11.4 Å². The summed E-state index contributed by atoms with van der Waals surface area (Å²) in [6, 6.07) is 11.3. The first-order valence-corrected chi connectivity index (χ1v) is 8.14. The van der Waals surface area contributed by atoms with Gasteiger partial charge >= 0.3 is 0 Å². The zero-order valence-electron chi connectivity index (χ0n) is 14.5. The van der Waals surface area contributed by atoms with Crippen LogP contribution < -0.4 is 10.2 Å². The van der Waals surface area contributed by atoms with Gasteiger partial charge in [-0.3, -0.25) is 9.59 Å². The summed E-state index contributed by atoms with van der Waals surface area (Å²) in [4.78, 5) is 26.6. The van der Waals surface area contributed by atoms with E-state index in [0.717, 1.165) is 22.4 Å². The van der Waals surface area contributed by atoms with E-state index < -0.39 is 6.04 Å². The van der Waals surface area contributed by atoms with E-state index in [-0.39, 0.29) is 18.2 Å². The zero-order chi connectivity index (χ0) is 17.4. The summed E-state index contributed by atoms with van der Waals surface area (Å²) in [6.45, 7) is 7.90. The first-order chi connectivity index (χ1) is 11.4. The number of carbonyl (C=O) groups excluding carboxylic acids is 2. The molecule has 3 rings (SSSR count). The summed E-state index contributed by atoms with van der Waals surface area (Å²) in [5.74, 6) is -0.343. The quantitative estimate of drug-likeness (QED) is 0.877. The standard InChI is InChI=1S/C20H22N2O2/c1-12-6-8-16(15(4)9-12)21-17-11-19(23)22(20(17)24)18-10-13(2)5-7-14(18)3/h5-10,17,21H,11H2,1-4H3. The monoisotopic (exact) mass is 322 g/mol. The van der Waals surface area contributed by atoms with Gasteiger partial charge in [0.2, 0.25) is 5.91 Å². The number of benzene rings is 2. The molecule has 2 aromatic carbocycles. The highest BCUT2D eigenvalue weighted by Gasteiger charge is 2.40. The van der Waals surface area contributed by atoms with Gasteiger partial charge in [-0.05, 0) is 56.5 Å². The number of carbonyl (C=O) groups is 2. The Morgan fingerprint density at radius 3 is 2.29 bits per heavy atom. The fourth-order valence-electron chi connectivity index (χ4n) is 3.12. The first kappa shape index (κ1) is 16.2. The van der Waals surface area contributed by atoms with Crippen molar-refractivity contribution in [3.05, 3.63) is 58.7 Å². The lowest BCUT2D eigenvalue weighted by molar-refractivity contribution is -0.121. The molecule has 0 bridgehead atoms. The van der Waals surface area contributed by atoms with Crippen LogP contribution in [0.15, 0.2) is 36.4 Å². The smallest absolute Gasteiger partial charge is 0.256 e. The fraction of sp³-hybridized carbons (Fsp3) is 0.300. The maximum Gasteiger partial charge on any atom is 0.256 e. The topological polar surface area (TPSA) is 49.4 Å². The summed E-state index contributed by atoms with van der Waals surface area (Å²) in [6.07, 6.45) is 0.180. The molecule has 1 fully saturated rings. The predicted octanol–water partition coefficient (Wildman–Crippen LogP) is 3.66. The summed E-state index contributed by atoms with van der Waals surface area (Å²) in [5.41, 5.74) is 5.78. The van der Waals surface area contributed by atoms with Crippen LogP contribution in [0.1, 0.15) is 28.7 Å². The minimum absolute atomic E-state index is 0.157. The van der Waals surface area contributed by atoms with E-state index in [1.54, 1.807) is 0 Å². The summed E-state index contributed by atoms with van der Waals surface area (Å²) in [7, 11) is 0. The number of nitrogens with one attached hydrogen (secondary N) is 1. The van der Waals surface area contributed by atoms with Gasteiger partial charge in [0.05, 0.1) is 12.1 Å². The van der Waals surface area contributed by atoms with Crippen LogP contribution in [0.25, 0.3) is 0 Å². The Labute approximate surface area is 142 Å². The second-order valence-electron chi connectivity index (χ2n) is 6.58. The van der Waals surface area contributed by atoms with E-state index in [1.807, 2.05) is 58.0 Å². The van der Waals surface area contributed by atoms with Crippen molar-refractivity contribution in [2.45, 2.75) is 40.2 Å². The summed E-state index contributed by atoms with van der Waals surface area (Å²) >= 11 is 0. The molecule has 0 saturated carbocycles. The molecule has 0 radical (unpaired) electrons. The highest BCUT2D eigenvalue weighted by molar-refractivity contribution is 6.23. The summed E-state index contributed by atoms with van der Waals surface area (Å²) in [5, 5.41) is 3.24. The zero-order valence-corrected chi connectivity index (χ0v) is 14.5. The SMILES string of the molecule is Cc1ccc(NC2CC(=O)N(c3cc(C)ccc3C)C2=O)c(C)c1. The van der Waals surface area contributed by atoms with E-state index in [4.69, 9.17) is 0 Å². The molecule has 2 amide bonds. The Morgan fingerprint density at radius 2 is 1.58 bits per heavy atom. The molecule has 1 aliphatic heterocycles. The lowest BCUT2D eigenvalue weighted by Crippen LogP contribution is -2.35. The van der Waals surface area contributed by atoms with Crippen LogP contribution in [0.2, 0.25) is 0 Å². The second kappa shape index (κ2) is 6.11. The molecule has 1 atom stereocenters. The molecule has 1 saturated heterocycles. The van der Waals surface area contributed by atoms with Crippen molar-refractivity contribution < 1.29 is 9.59 Å². The molecule has 1 N–H and O–H groups in total. The maximum absolute atomic E-state index is 12.8. The lowest BCUT2D eigenvalue weighted by Gasteiger charge is -2.19. The van der Waals surface area contributed by atoms with E-state index in [1.165, 1.54) is 10.5 Å². The molecule has 1 heterocycles. The number of aryl methyl sites for hydroxylation is 4. The van der Waals surface area contributed by atoms with Crippen molar-refractivity contribution >= 4 is 23.2 Å². The molecule has 0 aromatic heterocycles. The minimum Gasteiger partial charge on any atom is -0.373 e. The molecule has 4 nitrogen and oxygen atoms in total. The number of imide groups is 1. The predicted molar refractivity (Wildman–Crippen MR) is 96.4 cm³/mol. The van der Waals surface area contributed by atoms with Crippen molar-refractivity contribution in [1.29, 1.82) is 0 Å². The van der Waals surface area contributed by atoms with Crippen LogP contribution in [0.5, 0.6) is 0 Å². The Balaban J connectivity index is 1.87. The van der Waals surface area contributed by atoms with Gasteiger partial charge in [-0.2, -0.15) is 0 Å². The molecule has 2 aromatic rings. The average Bonchev–Trinajstić information content (AvgIpc) is 2.79. The van der Waals surface area contributed by atoms with E-state index in [9.17, 15) is 9.59 Å². The largest absolute Gasteiger partial charge is 0.373 e. The molecule has 0 spiro atoms. The molecule has 4 heteroatoms. The molecule has 124 valence electrons. The van der Waals surface area contributed by atoms with Gasteiger partial charge in [-0.1, -0.05) is 29.8 Å². The normalized spacial score (nSPS) is 17.5. The minimum atomic E-state index is -0.515. The molecular formula is C20H22N2O2. The van der Waals surface area contributed by atoms with E-state index in [0.29, 0.717) is 5.69 Å². The average molecular weight is 322 g/mol. The number of rotatable bonds is 3. The fourth-order valence-corrected chi connectivity index (χ4v) is 3.12. The number of anilines is 2. The number of amides is 2. The van der Waals surface area contributed by atoms with Gasteiger partial charge in [0.15, 0.2) is 0 Å². The molecule has 24 heavy (non-hydrogen) atoms. The van der Waals surface area contributed by atoms with Gasteiger partial charge in [0.25, 0.3) is 5.91 Å². The summed E-state index contributed by atoms with van der Waals surface area (Å²) < 4.78 is 0.